The predicted molar refractivity (Wildman–Crippen MR) is 141 cm³/mol. The molecule has 3 nitrogen and oxygen atoms in total. The summed E-state index contributed by atoms with van der Waals surface area (Å²) in [4.78, 5) is 6.46. The smallest absolute Gasteiger partial charge is 0.174 e. The number of thiophene rings is 4. The van der Waals surface area contributed by atoms with Crippen LogP contribution in [0, 0.1) is 58.2 Å². The van der Waals surface area contributed by atoms with E-state index in [2.05, 4.69) is 35.5 Å². The molecule has 34 heavy (non-hydrogen) atoms. The highest BCUT2D eigenvalue weighted by atomic mass is 32.1. The van der Waals surface area contributed by atoms with Gasteiger partial charge in [0.1, 0.15) is 17.7 Å². The van der Waals surface area contributed by atoms with Crippen LogP contribution in [-0.4, -0.2) is 7.11 Å². The first-order valence-electron chi connectivity index (χ1n) is 9.66. The van der Waals surface area contributed by atoms with Crippen LogP contribution in [0.4, 0.5) is 0 Å². The normalized spacial score (nSPS) is 9.15. The van der Waals surface area contributed by atoms with Gasteiger partial charge in [0.25, 0.3) is 0 Å². The summed E-state index contributed by atoms with van der Waals surface area (Å²) in [5.41, 5.74) is 0.0795. The van der Waals surface area contributed by atoms with Crippen LogP contribution in [0.1, 0.15) is 34.1 Å². The number of hydrogen-bond acceptors (Lipinski definition) is 7. The number of methoxy groups -OCH3 is 1. The maximum atomic E-state index is 8.86. The average molecular weight is 509 g/mol. The van der Waals surface area contributed by atoms with Gasteiger partial charge in [-0.1, -0.05) is 11.3 Å². The Morgan fingerprint density at radius 3 is 1.47 bits per heavy atom. The van der Waals surface area contributed by atoms with E-state index < -0.39 is 0 Å². The van der Waals surface area contributed by atoms with Gasteiger partial charge < -0.3 is 4.74 Å². The molecule has 0 atom stereocenters. The van der Waals surface area contributed by atoms with E-state index in [1.54, 1.807) is 35.9 Å². The number of rotatable bonds is 2. The minimum atomic E-state index is 0.0795. The van der Waals surface area contributed by atoms with Crippen molar-refractivity contribution in [3.63, 3.8) is 0 Å². The van der Waals surface area contributed by atoms with Crippen molar-refractivity contribution in [1.29, 1.82) is 10.5 Å². The molecule has 0 aliphatic heterocycles. The molecule has 0 spiro atoms. The number of nitrogens with zero attached hydrogens (tertiary/aromatic N) is 2. The number of hydrogen-bond donors (Lipinski definition) is 0. The molecule has 0 unspecified atom stereocenters. The summed E-state index contributed by atoms with van der Waals surface area (Å²) in [6, 6.07) is 19.2. The maximum Gasteiger partial charge on any atom is 0.174 e. The Balaban J connectivity index is 1.41. The van der Waals surface area contributed by atoms with Gasteiger partial charge in [0, 0.05) is 4.88 Å². The first-order chi connectivity index (χ1) is 16.6. The lowest BCUT2D eigenvalue weighted by atomic mass is 10.3. The summed E-state index contributed by atoms with van der Waals surface area (Å²) in [6.07, 6.45) is 1.57. The fourth-order valence-electron chi connectivity index (χ4n) is 2.54. The monoisotopic (exact) mass is 508 g/mol. The van der Waals surface area contributed by atoms with Gasteiger partial charge in [0.2, 0.25) is 0 Å². The number of nitriles is 2. The predicted octanol–water partition coefficient (Wildman–Crippen LogP) is 6.57. The van der Waals surface area contributed by atoms with Crippen molar-refractivity contribution in [3.8, 4) is 52.7 Å². The van der Waals surface area contributed by atoms with Gasteiger partial charge in [-0.2, -0.15) is 10.5 Å². The zero-order valence-corrected chi connectivity index (χ0v) is 20.9. The topological polar surface area (TPSA) is 56.8 Å². The first-order valence-corrected chi connectivity index (χ1v) is 12.9. The van der Waals surface area contributed by atoms with Crippen LogP contribution >= 0.6 is 45.3 Å². The van der Waals surface area contributed by atoms with Gasteiger partial charge in [-0.25, -0.2) is 0 Å². The van der Waals surface area contributed by atoms with Crippen LogP contribution in [0.2, 0.25) is 0 Å². The maximum absolute atomic E-state index is 8.86. The second-order valence-corrected chi connectivity index (χ2v) is 10.7. The summed E-state index contributed by atoms with van der Waals surface area (Å²) >= 11 is 6.07. The summed E-state index contributed by atoms with van der Waals surface area (Å²) in [5, 5.41) is 18.6. The van der Waals surface area contributed by atoms with E-state index >= 15 is 0 Å². The summed E-state index contributed by atoms with van der Waals surface area (Å²) in [5.74, 6) is 19.0. The summed E-state index contributed by atoms with van der Waals surface area (Å²) in [7, 11) is 1.65. The van der Waals surface area contributed by atoms with E-state index in [0.717, 1.165) is 39.2 Å². The number of allylic oxidation sites excluding steroid dienone is 1. The molecule has 0 aliphatic rings. The molecular weight excluding hydrogens is 497 g/mol. The molecule has 0 aromatic carbocycles. The van der Waals surface area contributed by atoms with E-state index in [1.807, 2.05) is 60.7 Å². The van der Waals surface area contributed by atoms with E-state index in [1.165, 1.54) is 22.7 Å². The molecule has 0 saturated heterocycles. The Labute approximate surface area is 213 Å². The van der Waals surface area contributed by atoms with Gasteiger partial charge in [-0.3, -0.25) is 0 Å². The van der Waals surface area contributed by atoms with Crippen molar-refractivity contribution in [3.05, 3.63) is 88.2 Å². The van der Waals surface area contributed by atoms with Gasteiger partial charge in [0.05, 0.1) is 36.4 Å². The lowest BCUT2D eigenvalue weighted by Gasteiger charge is -1.87. The van der Waals surface area contributed by atoms with Gasteiger partial charge >= 0.3 is 0 Å². The minimum Gasteiger partial charge on any atom is -0.487 e. The molecule has 7 heteroatoms. The SMILES string of the molecule is COc1ccc(C#Cc2ccc(C#Cc3ccc(C#Cc4ccc(C=C(C#N)C#N)s4)s3)s2)s1. The molecule has 0 bridgehead atoms. The molecule has 4 heterocycles. The Kier molecular flexibility index (Phi) is 7.65. The van der Waals surface area contributed by atoms with Crippen molar-refractivity contribution >= 4 is 51.4 Å². The van der Waals surface area contributed by atoms with Gasteiger partial charge in [-0.15, -0.1) is 34.0 Å². The third-order valence-corrected chi connectivity index (χ3v) is 7.82. The standard InChI is InChI=1S/C27H12N2OS4/c1-30-27-15-14-25(34-27)11-10-23-7-6-21(32-23)3-2-20-4-5-22(31-20)8-9-24-12-13-26(33-24)16-19(17-28)18-29/h4-7,12-16H,1H3. The minimum absolute atomic E-state index is 0.0795. The lowest BCUT2D eigenvalue weighted by molar-refractivity contribution is 0.427. The summed E-state index contributed by atoms with van der Waals surface area (Å²) < 4.78 is 5.19. The van der Waals surface area contributed by atoms with Crippen LogP contribution in [0.5, 0.6) is 5.06 Å². The average Bonchev–Trinajstić information content (AvgIpc) is 3.66. The van der Waals surface area contributed by atoms with Crippen molar-refractivity contribution in [2.24, 2.45) is 0 Å². The molecule has 0 radical (unpaired) electrons. The summed E-state index contributed by atoms with van der Waals surface area (Å²) in [6.45, 7) is 0. The van der Waals surface area contributed by atoms with Crippen molar-refractivity contribution in [2.75, 3.05) is 7.11 Å². The van der Waals surface area contributed by atoms with Crippen LogP contribution < -0.4 is 4.74 Å². The Hall–Kier alpha value is -4.00. The van der Waals surface area contributed by atoms with E-state index in [9.17, 15) is 0 Å². The molecule has 0 aliphatic carbocycles. The largest absolute Gasteiger partial charge is 0.487 e. The fourth-order valence-corrected chi connectivity index (χ4v) is 5.45. The number of ether oxygens (including phenoxy) is 1. The van der Waals surface area contributed by atoms with E-state index in [0.29, 0.717) is 0 Å². The third kappa shape index (κ3) is 6.28. The van der Waals surface area contributed by atoms with Crippen LogP contribution in [0.15, 0.2) is 54.1 Å². The molecule has 0 saturated carbocycles. The quantitative estimate of drug-likeness (QED) is 0.227. The van der Waals surface area contributed by atoms with Gasteiger partial charge in [0.15, 0.2) is 5.06 Å². The molecule has 4 aromatic heterocycles. The van der Waals surface area contributed by atoms with Crippen molar-refractivity contribution in [1.82, 2.24) is 0 Å². The Bertz CT molecular complexity index is 1630. The Morgan fingerprint density at radius 1 is 0.618 bits per heavy atom. The fraction of sp³-hybridized carbons (Fsp3) is 0.0370. The molecule has 0 fully saturated rings. The lowest BCUT2D eigenvalue weighted by Crippen LogP contribution is -1.73. The molecule has 4 aromatic rings. The molecule has 0 amide bonds. The van der Waals surface area contributed by atoms with Crippen LogP contribution in [-0.2, 0) is 0 Å². The van der Waals surface area contributed by atoms with E-state index in [-0.39, 0.29) is 5.57 Å². The first kappa shape index (κ1) is 23.2. The van der Waals surface area contributed by atoms with Crippen LogP contribution in [0.25, 0.3) is 6.08 Å². The molecule has 160 valence electrons. The van der Waals surface area contributed by atoms with Crippen molar-refractivity contribution in [2.45, 2.75) is 0 Å². The second-order valence-electron chi connectivity index (χ2n) is 6.38. The van der Waals surface area contributed by atoms with E-state index in [4.69, 9.17) is 15.3 Å². The second kappa shape index (κ2) is 11.2. The third-order valence-electron chi connectivity index (χ3n) is 4.08. The zero-order valence-electron chi connectivity index (χ0n) is 17.6. The molecule has 4 rings (SSSR count). The highest BCUT2D eigenvalue weighted by Gasteiger charge is 2.00. The van der Waals surface area contributed by atoms with Crippen molar-refractivity contribution < 1.29 is 4.74 Å². The zero-order chi connectivity index (χ0) is 23.8. The highest BCUT2D eigenvalue weighted by Crippen LogP contribution is 2.23. The Morgan fingerprint density at radius 2 is 1.03 bits per heavy atom. The molecular formula is C27H12N2OS4. The highest BCUT2D eigenvalue weighted by molar-refractivity contribution is 7.15. The van der Waals surface area contributed by atoms with Crippen LogP contribution in [0.3, 0.4) is 0 Å². The molecule has 0 N–H and O–H groups in total. The van der Waals surface area contributed by atoms with Gasteiger partial charge in [-0.05, 0) is 90.1 Å².